The van der Waals surface area contributed by atoms with Gasteiger partial charge in [-0.15, -0.1) is 0 Å². The van der Waals surface area contributed by atoms with Crippen molar-refractivity contribution in [2.45, 2.75) is 6.04 Å². The SMILES string of the molecule is CN1C(=O)NC(c2ccc(NC(=O)Nc3ccccc3)cc2)C1=O. The van der Waals surface area contributed by atoms with Crippen LogP contribution in [0.15, 0.2) is 54.6 Å². The van der Waals surface area contributed by atoms with Crippen molar-refractivity contribution in [3.63, 3.8) is 0 Å². The number of likely N-dealkylation sites (N-methyl/N-ethyl adjacent to an activating group) is 1. The predicted molar refractivity (Wildman–Crippen MR) is 89.6 cm³/mol. The number of imide groups is 1. The number of rotatable bonds is 3. The number of para-hydroxylation sites is 1. The molecule has 1 atom stereocenters. The quantitative estimate of drug-likeness (QED) is 0.758. The monoisotopic (exact) mass is 324 g/mol. The number of hydrogen-bond acceptors (Lipinski definition) is 3. The zero-order valence-electron chi connectivity index (χ0n) is 12.9. The number of amides is 5. The van der Waals surface area contributed by atoms with Crippen molar-refractivity contribution in [1.29, 1.82) is 0 Å². The van der Waals surface area contributed by atoms with Crippen molar-refractivity contribution >= 4 is 29.3 Å². The Bertz CT molecular complexity index is 774. The van der Waals surface area contributed by atoms with Crippen LogP contribution in [0.4, 0.5) is 21.0 Å². The third-order valence-electron chi connectivity index (χ3n) is 3.68. The first kappa shape index (κ1) is 15.5. The molecule has 24 heavy (non-hydrogen) atoms. The molecule has 3 rings (SSSR count). The molecule has 1 aliphatic rings. The zero-order valence-corrected chi connectivity index (χ0v) is 12.9. The van der Waals surface area contributed by atoms with Crippen LogP contribution in [-0.2, 0) is 4.79 Å². The van der Waals surface area contributed by atoms with Gasteiger partial charge in [0, 0.05) is 18.4 Å². The van der Waals surface area contributed by atoms with E-state index in [-0.39, 0.29) is 11.9 Å². The number of nitrogens with one attached hydrogen (secondary N) is 3. The Morgan fingerprint density at radius 3 is 2.08 bits per heavy atom. The van der Waals surface area contributed by atoms with Gasteiger partial charge < -0.3 is 16.0 Å². The summed E-state index contributed by atoms with van der Waals surface area (Å²) >= 11 is 0. The number of hydrogen-bond donors (Lipinski definition) is 3. The lowest BCUT2D eigenvalue weighted by atomic mass is 10.1. The summed E-state index contributed by atoms with van der Waals surface area (Å²) in [4.78, 5) is 36.4. The average molecular weight is 324 g/mol. The van der Waals surface area contributed by atoms with Gasteiger partial charge >= 0.3 is 12.1 Å². The van der Waals surface area contributed by atoms with E-state index in [1.165, 1.54) is 7.05 Å². The topological polar surface area (TPSA) is 90.5 Å². The summed E-state index contributed by atoms with van der Waals surface area (Å²) < 4.78 is 0. The second kappa shape index (κ2) is 6.41. The Balaban J connectivity index is 1.64. The van der Waals surface area contributed by atoms with E-state index in [4.69, 9.17) is 0 Å². The first-order chi connectivity index (χ1) is 11.5. The molecule has 0 aliphatic carbocycles. The van der Waals surface area contributed by atoms with Gasteiger partial charge in [-0.3, -0.25) is 9.69 Å². The van der Waals surface area contributed by atoms with Crippen LogP contribution >= 0.6 is 0 Å². The second-order valence-electron chi connectivity index (χ2n) is 5.35. The first-order valence-electron chi connectivity index (χ1n) is 7.35. The average Bonchev–Trinajstić information content (AvgIpc) is 2.84. The Kier molecular flexibility index (Phi) is 4.15. The highest BCUT2D eigenvalue weighted by atomic mass is 16.2. The number of nitrogens with zero attached hydrogens (tertiary/aromatic N) is 1. The van der Waals surface area contributed by atoms with Crippen LogP contribution in [-0.4, -0.2) is 29.9 Å². The van der Waals surface area contributed by atoms with Crippen molar-refractivity contribution in [1.82, 2.24) is 10.2 Å². The predicted octanol–water partition coefficient (Wildman–Crippen LogP) is 2.55. The summed E-state index contributed by atoms with van der Waals surface area (Å²) in [6.45, 7) is 0. The van der Waals surface area contributed by atoms with E-state index >= 15 is 0 Å². The van der Waals surface area contributed by atoms with E-state index in [1.807, 2.05) is 18.2 Å². The molecule has 2 aromatic rings. The maximum Gasteiger partial charge on any atom is 0.324 e. The standard InChI is InChI=1S/C17H16N4O3/c1-21-15(22)14(20-17(21)24)11-7-9-13(10-8-11)19-16(23)18-12-5-3-2-4-6-12/h2-10,14H,1H3,(H,20,24)(H2,18,19,23). The van der Waals surface area contributed by atoms with Crippen LogP contribution in [0.3, 0.4) is 0 Å². The molecular weight excluding hydrogens is 308 g/mol. The summed E-state index contributed by atoms with van der Waals surface area (Å²) in [7, 11) is 1.43. The van der Waals surface area contributed by atoms with Gasteiger partial charge in [0.1, 0.15) is 6.04 Å². The van der Waals surface area contributed by atoms with Gasteiger partial charge in [0.15, 0.2) is 0 Å². The fraction of sp³-hybridized carbons (Fsp3) is 0.118. The Morgan fingerprint density at radius 2 is 1.54 bits per heavy atom. The minimum Gasteiger partial charge on any atom is -0.322 e. The molecule has 1 fully saturated rings. The summed E-state index contributed by atoms with van der Waals surface area (Å²) in [5.74, 6) is -0.303. The van der Waals surface area contributed by atoms with Crippen molar-refractivity contribution in [3.8, 4) is 0 Å². The largest absolute Gasteiger partial charge is 0.324 e. The van der Waals surface area contributed by atoms with Crippen LogP contribution in [0, 0.1) is 0 Å². The van der Waals surface area contributed by atoms with Crippen molar-refractivity contribution in [2.75, 3.05) is 17.7 Å². The van der Waals surface area contributed by atoms with Crippen LogP contribution < -0.4 is 16.0 Å². The Labute approximate surface area is 138 Å². The molecule has 7 nitrogen and oxygen atoms in total. The molecule has 1 aliphatic heterocycles. The molecule has 0 saturated carbocycles. The zero-order chi connectivity index (χ0) is 17.1. The summed E-state index contributed by atoms with van der Waals surface area (Å²) in [6, 6.07) is 14.4. The highest BCUT2D eigenvalue weighted by Crippen LogP contribution is 2.22. The molecule has 0 spiro atoms. The van der Waals surface area contributed by atoms with E-state index in [9.17, 15) is 14.4 Å². The van der Waals surface area contributed by atoms with E-state index in [2.05, 4.69) is 16.0 Å². The van der Waals surface area contributed by atoms with Gasteiger partial charge in [-0.25, -0.2) is 9.59 Å². The number of carbonyl (C=O) groups excluding carboxylic acids is 3. The van der Waals surface area contributed by atoms with Crippen LogP contribution in [0.1, 0.15) is 11.6 Å². The maximum atomic E-state index is 11.9. The van der Waals surface area contributed by atoms with Gasteiger partial charge in [-0.05, 0) is 29.8 Å². The molecule has 0 radical (unpaired) electrons. The fourth-order valence-corrected chi connectivity index (χ4v) is 2.38. The highest BCUT2D eigenvalue weighted by molar-refractivity contribution is 6.04. The summed E-state index contributed by atoms with van der Waals surface area (Å²) in [5.41, 5.74) is 1.93. The van der Waals surface area contributed by atoms with E-state index in [0.717, 1.165) is 4.90 Å². The molecule has 0 aromatic heterocycles. The molecule has 122 valence electrons. The van der Waals surface area contributed by atoms with Gasteiger partial charge in [0.25, 0.3) is 5.91 Å². The minimum absolute atomic E-state index is 0.303. The minimum atomic E-state index is -0.685. The molecule has 2 aromatic carbocycles. The molecule has 5 amide bonds. The van der Waals surface area contributed by atoms with Gasteiger partial charge in [-0.2, -0.15) is 0 Å². The molecule has 1 unspecified atom stereocenters. The molecule has 0 bridgehead atoms. The van der Waals surface area contributed by atoms with Crippen LogP contribution in [0.25, 0.3) is 0 Å². The lowest BCUT2D eigenvalue weighted by Crippen LogP contribution is -2.25. The fourth-order valence-electron chi connectivity index (χ4n) is 2.38. The highest BCUT2D eigenvalue weighted by Gasteiger charge is 2.36. The lowest BCUT2D eigenvalue weighted by Gasteiger charge is -2.11. The molecular formula is C17H16N4O3. The smallest absolute Gasteiger partial charge is 0.322 e. The van der Waals surface area contributed by atoms with Gasteiger partial charge in [0.05, 0.1) is 0 Å². The molecule has 1 saturated heterocycles. The summed E-state index contributed by atoms with van der Waals surface area (Å²) in [6.07, 6.45) is 0. The molecule has 3 N–H and O–H groups in total. The third kappa shape index (κ3) is 3.19. The number of urea groups is 2. The van der Waals surface area contributed by atoms with Crippen molar-refractivity contribution in [2.24, 2.45) is 0 Å². The Hall–Kier alpha value is -3.35. The van der Waals surface area contributed by atoms with Gasteiger partial charge in [-0.1, -0.05) is 30.3 Å². The van der Waals surface area contributed by atoms with E-state index in [0.29, 0.717) is 16.9 Å². The van der Waals surface area contributed by atoms with E-state index in [1.54, 1.807) is 36.4 Å². The number of benzene rings is 2. The maximum absolute atomic E-state index is 11.9. The molecule has 7 heteroatoms. The Morgan fingerprint density at radius 1 is 0.958 bits per heavy atom. The second-order valence-corrected chi connectivity index (χ2v) is 5.35. The third-order valence-corrected chi connectivity index (χ3v) is 3.68. The first-order valence-corrected chi connectivity index (χ1v) is 7.35. The van der Waals surface area contributed by atoms with Crippen molar-refractivity contribution in [3.05, 3.63) is 60.2 Å². The van der Waals surface area contributed by atoms with Crippen LogP contribution in [0.5, 0.6) is 0 Å². The van der Waals surface area contributed by atoms with Crippen molar-refractivity contribution < 1.29 is 14.4 Å². The van der Waals surface area contributed by atoms with Crippen LogP contribution in [0.2, 0.25) is 0 Å². The van der Waals surface area contributed by atoms with Gasteiger partial charge in [0.2, 0.25) is 0 Å². The van der Waals surface area contributed by atoms with E-state index < -0.39 is 12.1 Å². The lowest BCUT2D eigenvalue weighted by molar-refractivity contribution is -0.126. The number of anilines is 2. The normalized spacial score (nSPS) is 16.7. The number of carbonyl (C=O) groups is 3. The molecule has 1 heterocycles. The summed E-state index contributed by atoms with van der Waals surface area (Å²) in [5, 5.41) is 8.02.